The zero-order valence-corrected chi connectivity index (χ0v) is 14.1. The summed E-state index contributed by atoms with van der Waals surface area (Å²) in [7, 11) is 0. The first-order valence-electron chi connectivity index (χ1n) is 9.41. The highest BCUT2D eigenvalue weighted by Crippen LogP contribution is 2.27. The Morgan fingerprint density at radius 3 is 3.00 bits per heavy atom. The molecule has 0 amide bonds. The molecule has 0 spiro atoms. The summed E-state index contributed by atoms with van der Waals surface area (Å²) in [5, 5.41) is 5.03. The van der Waals surface area contributed by atoms with Crippen LogP contribution in [0.2, 0.25) is 0 Å². The predicted octanol–water partition coefficient (Wildman–Crippen LogP) is 2.27. The van der Waals surface area contributed by atoms with Gasteiger partial charge in [0.1, 0.15) is 0 Å². The fourth-order valence-corrected chi connectivity index (χ4v) is 4.97. The van der Waals surface area contributed by atoms with E-state index in [4.69, 9.17) is 0 Å². The minimum Gasteiger partial charge on any atom is -0.310 e. The third kappa shape index (κ3) is 2.40. The van der Waals surface area contributed by atoms with Crippen molar-refractivity contribution in [2.75, 3.05) is 13.1 Å². The van der Waals surface area contributed by atoms with E-state index in [-0.39, 0.29) is 5.56 Å². The van der Waals surface area contributed by atoms with Crippen molar-refractivity contribution < 1.29 is 0 Å². The fraction of sp³-hybridized carbons (Fsp3) is 0.550. The van der Waals surface area contributed by atoms with Crippen molar-refractivity contribution in [2.45, 2.75) is 57.3 Å². The standard InChI is InChI=1S/C20H25N3O/c24-19-11-15(12-22-10-8-16-6-7-17(13-22)21-16)18-5-1-3-14-4-2-9-23(19)20(14)18/h1,3,5,11,16-17,21H,2,4,6-10,12-13H2/t16-,17+/m0/s1. The van der Waals surface area contributed by atoms with Gasteiger partial charge in [0.05, 0.1) is 5.52 Å². The van der Waals surface area contributed by atoms with Crippen LogP contribution in [0.4, 0.5) is 0 Å². The first-order valence-corrected chi connectivity index (χ1v) is 9.41. The third-order valence-electron chi connectivity index (χ3n) is 6.13. The van der Waals surface area contributed by atoms with Crippen LogP contribution >= 0.6 is 0 Å². The highest BCUT2D eigenvalue weighted by Gasteiger charge is 2.29. The normalized spacial score (nSPS) is 26.7. The van der Waals surface area contributed by atoms with Crippen LogP contribution in [0.15, 0.2) is 29.1 Å². The molecule has 5 rings (SSSR count). The van der Waals surface area contributed by atoms with Crippen molar-refractivity contribution in [1.29, 1.82) is 0 Å². The summed E-state index contributed by atoms with van der Waals surface area (Å²) in [6.45, 7) is 4.02. The third-order valence-corrected chi connectivity index (χ3v) is 6.13. The Balaban J connectivity index is 1.53. The zero-order chi connectivity index (χ0) is 16.1. The van der Waals surface area contributed by atoms with E-state index in [0.717, 1.165) is 39.0 Å². The van der Waals surface area contributed by atoms with Gasteiger partial charge in [0.15, 0.2) is 0 Å². The predicted molar refractivity (Wildman–Crippen MR) is 96.4 cm³/mol. The van der Waals surface area contributed by atoms with Gasteiger partial charge in [-0.25, -0.2) is 0 Å². The zero-order valence-electron chi connectivity index (χ0n) is 14.1. The molecule has 2 saturated heterocycles. The van der Waals surface area contributed by atoms with Gasteiger partial charge in [-0.05, 0) is 43.2 Å². The Kier molecular flexibility index (Phi) is 3.49. The van der Waals surface area contributed by atoms with Crippen LogP contribution in [0.1, 0.15) is 36.8 Å². The van der Waals surface area contributed by atoms with E-state index >= 15 is 0 Å². The monoisotopic (exact) mass is 323 g/mol. The van der Waals surface area contributed by atoms with Gasteiger partial charge < -0.3 is 9.88 Å². The second-order valence-electron chi connectivity index (χ2n) is 7.74. The molecule has 0 saturated carbocycles. The lowest BCUT2D eigenvalue weighted by molar-refractivity contribution is 0.251. The van der Waals surface area contributed by atoms with Crippen LogP contribution in [-0.2, 0) is 19.5 Å². The average Bonchev–Trinajstić information content (AvgIpc) is 2.94. The Bertz CT molecular complexity index is 841. The number of para-hydroxylation sites is 1. The summed E-state index contributed by atoms with van der Waals surface area (Å²) in [4.78, 5) is 15.2. The van der Waals surface area contributed by atoms with E-state index < -0.39 is 0 Å². The molecule has 1 N–H and O–H groups in total. The van der Waals surface area contributed by atoms with Crippen LogP contribution in [-0.4, -0.2) is 34.6 Å². The van der Waals surface area contributed by atoms with Crippen molar-refractivity contribution in [3.8, 4) is 0 Å². The van der Waals surface area contributed by atoms with Gasteiger partial charge in [0.25, 0.3) is 5.56 Å². The largest absolute Gasteiger partial charge is 0.310 e. The second kappa shape index (κ2) is 5.71. The quantitative estimate of drug-likeness (QED) is 0.921. The van der Waals surface area contributed by atoms with E-state index in [1.165, 1.54) is 41.3 Å². The van der Waals surface area contributed by atoms with Gasteiger partial charge in [-0.15, -0.1) is 0 Å². The highest BCUT2D eigenvalue weighted by atomic mass is 16.1. The number of aromatic nitrogens is 1. The topological polar surface area (TPSA) is 37.3 Å². The number of hydrogen-bond donors (Lipinski definition) is 1. The number of pyridine rings is 1. The van der Waals surface area contributed by atoms with Crippen LogP contribution in [0.25, 0.3) is 10.9 Å². The van der Waals surface area contributed by atoms with Crippen molar-refractivity contribution >= 4 is 10.9 Å². The van der Waals surface area contributed by atoms with Crippen molar-refractivity contribution in [3.63, 3.8) is 0 Å². The smallest absolute Gasteiger partial charge is 0.251 e. The number of nitrogens with zero attached hydrogens (tertiary/aromatic N) is 2. The van der Waals surface area contributed by atoms with Gasteiger partial charge >= 0.3 is 0 Å². The Labute approximate surface area is 142 Å². The molecule has 4 heterocycles. The molecule has 2 fully saturated rings. The molecular formula is C20H25N3O. The number of hydrogen-bond acceptors (Lipinski definition) is 3. The minimum absolute atomic E-state index is 0.180. The molecule has 1 aromatic carbocycles. The van der Waals surface area contributed by atoms with Gasteiger partial charge in [0, 0.05) is 49.7 Å². The van der Waals surface area contributed by atoms with E-state index in [2.05, 4.69) is 28.4 Å². The van der Waals surface area contributed by atoms with Crippen LogP contribution in [0.3, 0.4) is 0 Å². The van der Waals surface area contributed by atoms with Gasteiger partial charge in [-0.2, -0.15) is 0 Å². The molecule has 2 aromatic rings. The van der Waals surface area contributed by atoms with E-state index in [1.807, 2.05) is 10.6 Å². The van der Waals surface area contributed by atoms with Gasteiger partial charge in [-0.3, -0.25) is 9.69 Å². The van der Waals surface area contributed by atoms with Crippen LogP contribution < -0.4 is 10.9 Å². The maximum atomic E-state index is 12.6. The second-order valence-corrected chi connectivity index (χ2v) is 7.74. The Hall–Kier alpha value is -1.65. The molecule has 0 radical (unpaired) electrons. The summed E-state index contributed by atoms with van der Waals surface area (Å²) >= 11 is 0. The molecule has 2 atom stereocenters. The van der Waals surface area contributed by atoms with Crippen LogP contribution in [0.5, 0.6) is 0 Å². The lowest BCUT2D eigenvalue weighted by atomic mass is 9.98. The first kappa shape index (κ1) is 14.7. The maximum absolute atomic E-state index is 12.6. The molecule has 4 nitrogen and oxygen atoms in total. The molecule has 1 aromatic heterocycles. The first-order chi connectivity index (χ1) is 11.8. The molecular weight excluding hydrogens is 298 g/mol. The summed E-state index contributed by atoms with van der Waals surface area (Å²) in [5.74, 6) is 0. The molecule has 126 valence electrons. The molecule has 0 aliphatic carbocycles. The number of rotatable bonds is 2. The Morgan fingerprint density at radius 2 is 2.04 bits per heavy atom. The SMILES string of the molecule is O=c1cc(CN2CC[C@@H]3CC[C@H](C2)N3)c2cccc3c2n1CCC3. The van der Waals surface area contributed by atoms with Crippen LogP contribution in [0, 0.1) is 0 Å². The summed E-state index contributed by atoms with van der Waals surface area (Å²) in [6.07, 6.45) is 6.04. The molecule has 4 heteroatoms. The van der Waals surface area contributed by atoms with E-state index in [9.17, 15) is 4.79 Å². The molecule has 2 bridgehead atoms. The highest BCUT2D eigenvalue weighted by molar-refractivity contribution is 5.86. The van der Waals surface area contributed by atoms with Gasteiger partial charge in [-0.1, -0.05) is 18.2 Å². The summed E-state index contributed by atoms with van der Waals surface area (Å²) in [5.41, 5.74) is 3.93. The molecule has 3 aliphatic heterocycles. The van der Waals surface area contributed by atoms with E-state index in [1.54, 1.807) is 0 Å². The fourth-order valence-electron chi connectivity index (χ4n) is 4.97. The number of likely N-dealkylation sites (tertiary alicyclic amines) is 1. The maximum Gasteiger partial charge on any atom is 0.251 e. The number of nitrogens with one attached hydrogen (secondary N) is 1. The average molecular weight is 323 g/mol. The molecule has 3 aliphatic rings. The molecule has 24 heavy (non-hydrogen) atoms. The van der Waals surface area contributed by atoms with Crippen molar-refractivity contribution in [3.05, 3.63) is 45.7 Å². The van der Waals surface area contributed by atoms with Crippen molar-refractivity contribution in [1.82, 2.24) is 14.8 Å². The van der Waals surface area contributed by atoms with E-state index in [0.29, 0.717) is 12.1 Å². The van der Waals surface area contributed by atoms with Gasteiger partial charge in [0.2, 0.25) is 0 Å². The minimum atomic E-state index is 0.180. The number of benzene rings is 1. The summed E-state index contributed by atoms with van der Waals surface area (Å²) < 4.78 is 1.99. The number of fused-ring (bicyclic) bond motifs is 2. The number of aryl methyl sites for hydroxylation is 2. The van der Waals surface area contributed by atoms with Crippen molar-refractivity contribution in [2.24, 2.45) is 0 Å². The lowest BCUT2D eigenvalue weighted by Gasteiger charge is -2.26. The lowest BCUT2D eigenvalue weighted by Crippen LogP contribution is -2.35. The molecule has 0 unspecified atom stereocenters. The summed E-state index contributed by atoms with van der Waals surface area (Å²) in [6, 6.07) is 9.80. The Morgan fingerprint density at radius 1 is 1.12 bits per heavy atom.